The third-order valence-corrected chi connectivity index (χ3v) is 4.93. The van der Waals surface area contributed by atoms with Crippen molar-refractivity contribution in [1.82, 2.24) is 4.90 Å². The minimum absolute atomic E-state index is 0.00166. The van der Waals surface area contributed by atoms with Crippen LogP contribution in [0.2, 0.25) is 5.02 Å². The van der Waals surface area contributed by atoms with E-state index in [-0.39, 0.29) is 17.9 Å². The first-order valence-corrected chi connectivity index (χ1v) is 9.05. The average Bonchev–Trinajstić information content (AvgIpc) is 3.33. The number of aliphatic hydroxyl groups excluding tert-OH is 1. The van der Waals surface area contributed by atoms with Crippen molar-refractivity contribution in [3.05, 3.63) is 106 Å². The number of aliphatic hydroxyl groups is 1. The number of Topliss-reactive ketones (excluding diaryl/α,β-unsaturated/α-hetero) is 1. The molecule has 1 N–H and O–H groups in total. The second-order valence-corrected chi connectivity index (χ2v) is 6.88. The van der Waals surface area contributed by atoms with Gasteiger partial charge in [-0.25, -0.2) is 0 Å². The van der Waals surface area contributed by atoms with Gasteiger partial charge in [0.25, 0.3) is 5.91 Å². The summed E-state index contributed by atoms with van der Waals surface area (Å²) in [6, 6.07) is 18.6. The number of hydrogen-bond acceptors (Lipinski definition) is 4. The highest BCUT2D eigenvalue weighted by Gasteiger charge is 2.44. The maximum Gasteiger partial charge on any atom is 0.290 e. The summed E-state index contributed by atoms with van der Waals surface area (Å²) in [4.78, 5) is 27.3. The van der Waals surface area contributed by atoms with Gasteiger partial charge in [-0.1, -0.05) is 54.1 Å². The lowest BCUT2D eigenvalue weighted by Crippen LogP contribution is -2.30. The number of carbonyl (C=O) groups is 2. The van der Waals surface area contributed by atoms with E-state index in [4.69, 9.17) is 16.0 Å². The highest BCUT2D eigenvalue weighted by Crippen LogP contribution is 2.40. The van der Waals surface area contributed by atoms with Crippen molar-refractivity contribution < 1.29 is 19.1 Å². The lowest BCUT2D eigenvalue weighted by atomic mass is 9.95. The van der Waals surface area contributed by atoms with Crippen molar-refractivity contribution in [2.45, 2.75) is 12.6 Å². The van der Waals surface area contributed by atoms with E-state index in [2.05, 4.69) is 0 Å². The fourth-order valence-corrected chi connectivity index (χ4v) is 3.49. The zero-order valence-electron chi connectivity index (χ0n) is 14.7. The highest BCUT2D eigenvalue weighted by atomic mass is 35.5. The lowest BCUT2D eigenvalue weighted by molar-refractivity contribution is -0.130. The van der Waals surface area contributed by atoms with Crippen LogP contribution in [-0.4, -0.2) is 21.7 Å². The van der Waals surface area contributed by atoms with Crippen molar-refractivity contribution in [3.63, 3.8) is 0 Å². The Morgan fingerprint density at radius 3 is 2.39 bits per heavy atom. The van der Waals surface area contributed by atoms with Gasteiger partial charge in [0.15, 0.2) is 11.5 Å². The number of ketones is 1. The Morgan fingerprint density at radius 2 is 1.75 bits per heavy atom. The molecule has 5 nitrogen and oxygen atoms in total. The van der Waals surface area contributed by atoms with E-state index >= 15 is 0 Å². The molecule has 3 aromatic rings. The number of rotatable bonds is 5. The van der Waals surface area contributed by atoms with E-state index < -0.39 is 23.5 Å². The molecule has 1 amide bonds. The van der Waals surface area contributed by atoms with Gasteiger partial charge in [0.1, 0.15) is 0 Å². The van der Waals surface area contributed by atoms with Crippen LogP contribution in [0.1, 0.15) is 27.7 Å². The molecular formula is C22H16ClNO4. The summed E-state index contributed by atoms with van der Waals surface area (Å²) >= 11 is 6.00. The van der Waals surface area contributed by atoms with Crippen molar-refractivity contribution in [2.75, 3.05) is 0 Å². The predicted molar refractivity (Wildman–Crippen MR) is 104 cm³/mol. The van der Waals surface area contributed by atoms with Gasteiger partial charge in [0.2, 0.25) is 5.78 Å². The van der Waals surface area contributed by atoms with E-state index in [1.807, 2.05) is 30.3 Å². The van der Waals surface area contributed by atoms with E-state index in [9.17, 15) is 14.7 Å². The normalized spacial score (nSPS) is 16.7. The summed E-state index contributed by atoms with van der Waals surface area (Å²) < 4.78 is 5.20. The van der Waals surface area contributed by atoms with Crippen LogP contribution in [-0.2, 0) is 11.3 Å². The molecule has 1 aromatic heterocycles. The Balaban J connectivity index is 1.79. The number of benzene rings is 2. The van der Waals surface area contributed by atoms with Gasteiger partial charge >= 0.3 is 0 Å². The molecule has 0 spiro atoms. The van der Waals surface area contributed by atoms with E-state index in [1.165, 1.54) is 17.2 Å². The van der Waals surface area contributed by atoms with Gasteiger partial charge in [-0.3, -0.25) is 9.59 Å². The van der Waals surface area contributed by atoms with Gasteiger partial charge in [-0.05, 0) is 35.4 Å². The first-order chi connectivity index (χ1) is 13.6. The van der Waals surface area contributed by atoms with Crippen LogP contribution >= 0.6 is 11.6 Å². The Morgan fingerprint density at radius 1 is 1.04 bits per heavy atom. The molecule has 2 aromatic carbocycles. The SMILES string of the molecule is O=C(C1=C(O)C(=O)N(Cc2ccccc2)C1c1ccc(Cl)cc1)c1ccco1. The first kappa shape index (κ1) is 18.1. The molecule has 2 heterocycles. The maximum atomic E-state index is 13.0. The fraction of sp³-hybridized carbons (Fsp3) is 0.0909. The summed E-state index contributed by atoms with van der Waals surface area (Å²) in [6.45, 7) is 0.242. The van der Waals surface area contributed by atoms with E-state index in [1.54, 1.807) is 30.3 Å². The van der Waals surface area contributed by atoms with E-state index in [0.717, 1.165) is 5.56 Å². The molecule has 0 saturated carbocycles. The summed E-state index contributed by atoms with van der Waals surface area (Å²) in [5.41, 5.74) is 1.56. The smallest absolute Gasteiger partial charge is 0.290 e. The van der Waals surface area contributed by atoms with Crippen LogP contribution in [0, 0.1) is 0 Å². The van der Waals surface area contributed by atoms with Crippen LogP contribution in [0.3, 0.4) is 0 Å². The maximum absolute atomic E-state index is 13.0. The standard InChI is InChI=1S/C22H16ClNO4/c23-16-10-8-15(9-11-16)19-18(20(25)17-7-4-12-28-17)21(26)22(27)24(19)13-14-5-2-1-3-6-14/h1-12,19,26H,13H2. The van der Waals surface area contributed by atoms with Crippen LogP contribution in [0.5, 0.6) is 0 Å². The third kappa shape index (κ3) is 3.21. The Labute approximate surface area is 166 Å². The van der Waals surface area contributed by atoms with Crippen molar-refractivity contribution in [3.8, 4) is 0 Å². The lowest BCUT2D eigenvalue weighted by Gasteiger charge is -2.26. The molecule has 1 aliphatic rings. The second-order valence-electron chi connectivity index (χ2n) is 6.44. The fourth-order valence-electron chi connectivity index (χ4n) is 3.36. The predicted octanol–water partition coefficient (Wildman–Crippen LogP) is 4.71. The molecular weight excluding hydrogens is 378 g/mol. The van der Waals surface area contributed by atoms with Gasteiger partial charge in [-0.15, -0.1) is 0 Å². The molecule has 0 fully saturated rings. The quantitative estimate of drug-likeness (QED) is 0.637. The van der Waals surface area contributed by atoms with Crippen LogP contribution in [0.4, 0.5) is 0 Å². The average molecular weight is 394 g/mol. The molecule has 140 valence electrons. The van der Waals surface area contributed by atoms with Crippen LogP contribution in [0.25, 0.3) is 0 Å². The number of amides is 1. The zero-order valence-corrected chi connectivity index (χ0v) is 15.5. The Hall–Kier alpha value is -3.31. The molecule has 0 aliphatic carbocycles. The van der Waals surface area contributed by atoms with Crippen molar-refractivity contribution >= 4 is 23.3 Å². The Bertz CT molecular complexity index is 1040. The summed E-state index contributed by atoms with van der Waals surface area (Å²) in [6.07, 6.45) is 1.38. The third-order valence-electron chi connectivity index (χ3n) is 4.67. The molecule has 28 heavy (non-hydrogen) atoms. The van der Waals surface area contributed by atoms with Crippen molar-refractivity contribution in [2.24, 2.45) is 0 Å². The molecule has 1 unspecified atom stereocenters. The molecule has 1 atom stereocenters. The van der Waals surface area contributed by atoms with Gasteiger partial charge in [0.05, 0.1) is 17.9 Å². The monoisotopic (exact) mass is 393 g/mol. The van der Waals surface area contributed by atoms with Gasteiger partial charge in [-0.2, -0.15) is 0 Å². The number of nitrogens with zero attached hydrogens (tertiary/aromatic N) is 1. The van der Waals surface area contributed by atoms with Gasteiger partial charge < -0.3 is 14.4 Å². The van der Waals surface area contributed by atoms with Gasteiger partial charge in [0, 0.05) is 11.6 Å². The van der Waals surface area contributed by atoms with Crippen LogP contribution < -0.4 is 0 Å². The topological polar surface area (TPSA) is 70.8 Å². The minimum Gasteiger partial charge on any atom is -0.503 e. The van der Waals surface area contributed by atoms with E-state index in [0.29, 0.717) is 10.6 Å². The first-order valence-electron chi connectivity index (χ1n) is 8.68. The van der Waals surface area contributed by atoms with Crippen LogP contribution in [0.15, 0.2) is 88.7 Å². The number of hydrogen-bond donors (Lipinski definition) is 1. The molecule has 0 bridgehead atoms. The number of carbonyl (C=O) groups excluding carboxylic acids is 2. The number of furan rings is 1. The zero-order chi connectivity index (χ0) is 19.7. The summed E-state index contributed by atoms with van der Waals surface area (Å²) in [5.74, 6) is -1.61. The Kier molecular flexibility index (Phi) is 4.75. The highest BCUT2D eigenvalue weighted by molar-refractivity contribution is 6.30. The molecule has 1 aliphatic heterocycles. The molecule has 4 rings (SSSR count). The molecule has 0 radical (unpaired) electrons. The molecule has 6 heteroatoms. The second kappa shape index (κ2) is 7.37. The summed E-state index contributed by atoms with van der Waals surface area (Å²) in [5, 5.41) is 11.1. The minimum atomic E-state index is -0.748. The van der Waals surface area contributed by atoms with Crippen molar-refractivity contribution in [1.29, 1.82) is 0 Å². The molecule has 0 saturated heterocycles. The largest absolute Gasteiger partial charge is 0.503 e. The summed E-state index contributed by atoms with van der Waals surface area (Å²) in [7, 11) is 0. The number of halogens is 1.